The second-order valence-corrected chi connectivity index (χ2v) is 11.5. The Hall–Kier alpha value is -4.04. The van der Waals surface area contributed by atoms with Gasteiger partial charge in [0.1, 0.15) is 5.82 Å². The molecule has 2 aliphatic heterocycles. The van der Waals surface area contributed by atoms with Crippen LogP contribution in [-0.4, -0.2) is 57.6 Å². The molecule has 1 unspecified atom stereocenters. The number of hydrogen-bond acceptors (Lipinski definition) is 4. The number of primary amides is 1. The van der Waals surface area contributed by atoms with Gasteiger partial charge in [-0.15, -0.1) is 0 Å². The molecule has 2 N–H and O–H groups in total. The topological polar surface area (TPSA) is 84.5 Å². The molecule has 0 radical (unpaired) electrons. The first-order chi connectivity index (χ1) is 20.0. The smallest absolute Gasteiger partial charge is 0.257 e. The van der Waals surface area contributed by atoms with Crippen molar-refractivity contribution in [1.29, 1.82) is 0 Å². The molecule has 41 heavy (non-hydrogen) atoms. The highest BCUT2D eigenvalue weighted by Gasteiger charge is 2.35. The summed E-state index contributed by atoms with van der Waals surface area (Å²) in [7, 11) is 0. The zero-order chi connectivity index (χ0) is 28.3. The minimum atomic E-state index is -0.423. The van der Waals surface area contributed by atoms with Gasteiger partial charge < -0.3 is 10.6 Å². The molecule has 1 aliphatic carbocycles. The summed E-state index contributed by atoms with van der Waals surface area (Å²) in [5.74, 6) is 0.424. The van der Waals surface area contributed by atoms with Crippen LogP contribution in [0.4, 0.5) is 4.39 Å². The number of carbonyl (C=O) groups excluding carboxylic acids is 2. The molecule has 2 fully saturated rings. The molecule has 6 rings (SSSR count). The normalized spacial score (nSPS) is 21.4. The van der Waals surface area contributed by atoms with Crippen molar-refractivity contribution >= 4 is 11.8 Å². The van der Waals surface area contributed by atoms with E-state index in [1.165, 1.54) is 12.1 Å². The highest BCUT2D eigenvalue weighted by Crippen LogP contribution is 2.35. The van der Waals surface area contributed by atoms with Crippen LogP contribution in [0.25, 0.3) is 5.69 Å². The Bertz CT molecular complexity index is 1450. The quantitative estimate of drug-likeness (QED) is 0.442. The highest BCUT2D eigenvalue weighted by molar-refractivity contribution is 5.95. The first-order valence-electron chi connectivity index (χ1n) is 14.5. The van der Waals surface area contributed by atoms with Gasteiger partial charge in [0.2, 0.25) is 5.91 Å². The second-order valence-electron chi connectivity index (χ2n) is 11.5. The number of carbonyl (C=O) groups is 2. The number of hydrogen-bond donors (Lipinski definition) is 1. The van der Waals surface area contributed by atoms with Gasteiger partial charge in [0.25, 0.3) is 5.91 Å². The fourth-order valence-corrected chi connectivity index (χ4v) is 6.54. The number of nitrogens with zero attached hydrogens (tertiary/aromatic N) is 4. The molecule has 2 saturated heterocycles. The second kappa shape index (κ2) is 11.8. The fraction of sp³-hybridized carbons (Fsp3) is 0.364. The Morgan fingerprint density at radius 2 is 1.71 bits per heavy atom. The molecule has 2 amide bonds. The lowest BCUT2D eigenvalue weighted by Crippen LogP contribution is -2.34. The molecule has 2 aromatic carbocycles. The van der Waals surface area contributed by atoms with Gasteiger partial charge in [0.05, 0.1) is 23.1 Å². The van der Waals surface area contributed by atoms with E-state index in [1.54, 1.807) is 30.5 Å². The van der Waals surface area contributed by atoms with E-state index < -0.39 is 5.91 Å². The molecule has 0 saturated carbocycles. The number of amides is 2. The lowest BCUT2D eigenvalue weighted by atomic mass is 9.86. The average Bonchev–Trinajstić information content (AvgIpc) is 3.67. The number of piperidine rings is 1. The van der Waals surface area contributed by atoms with Crippen molar-refractivity contribution in [1.82, 2.24) is 19.6 Å². The average molecular weight is 554 g/mol. The van der Waals surface area contributed by atoms with Gasteiger partial charge in [-0.3, -0.25) is 14.5 Å². The maximum atomic E-state index is 14.0. The summed E-state index contributed by atoms with van der Waals surface area (Å²) in [6.07, 6.45) is 14.2. The van der Waals surface area contributed by atoms with Crippen molar-refractivity contribution in [2.45, 2.75) is 38.1 Å². The summed E-state index contributed by atoms with van der Waals surface area (Å²) < 4.78 is 15.6. The molecular formula is C33H36FN5O2. The molecule has 7 nitrogen and oxygen atoms in total. The third-order valence-corrected chi connectivity index (χ3v) is 8.86. The van der Waals surface area contributed by atoms with Crippen molar-refractivity contribution < 1.29 is 14.0 Å². The Balaban J connectivity index is 1.20. The number of benzene rings is 2. The van der Waals surface area contributed by atoms with E-state index in [4.69, 9.17) is 5.73 Å². The lowest BCUT2D eigenvalue weighted by molar-refractivity contribution is 0.0781. The van der Waals surface area contributed by atoms with E-state index in [0.29, 0.717) is 23.0 Å². The van der Waals surface area contributed by atoms with Crippen LogP contribution >= 0.6 is 0 Å². The SMILES string of the molecule is NC(=O)c1ccc(CN2CCC(c3c(C(=O)N4CC[C@H](C5C=CC=CC5)C4)cnn3-c3ccc(F)cc3)CC2)cc1. The largest absolute Gasteiger partial charge is 0.366 e. The Kier molecular flexibility index (Phi) is 7.83. The van der Waals surface area contributed by atoms with Crippen LogP contribution < -0.4 is 5.73 Å². The predicted molar refractivity (Wildman–Crippen MR) is 156 cm³/mol. The zero-order valence-corrected chi connectivity index (χ0v) is 23.2. The molecular weight excluding hydrogens is 517 g/mol. The monoisotopic (exact) mass is 553 g/mol. The highest BCUT2D eigenvalue weighted by atomic mass is 19.1. The molecule has 3 heterocycles. The Morgan fingerprint density at radius 1 is 0.951 bits per heavy atom. The molecule has 1 aromatic heterocycles. The number of rotatable bonds is 7. The van der Waals surface area contributed by atoms with Crippen LogP contribution in [-0.2, 0) is 6.54 Å². The molecule has 0 bridgehead atoms. The van der Waals surface area contributed by atoms with Crippen molar-refractivity contribution in [2.75, 3.05) is 26.2 Å². The van der Waals surface area contributed by atoms with Crippen molar-refractivity contribution in [2.24, 2.45) is 17.6 Å². The first-order valence-corrected chi connectivity index (χ1v) is 14.5. The van der Waals surface area contributed by atoms with Gasteiger partial charge in [0.15, 0.2) is 0 Å². The lowest BCUT2D eigenvalue weighted by Gasteiger charge is -2.33. The van der Waals surface area contributed by atoms with Crippen LogP contribution in [0, 0.1) is 17.7 Å². The van der Waals surface area contributed by atoms with E-state index in [1.807, 2.05) is 21.7 Å². The number of nitrogens with two attached hydrogens (primary N) is 1. The van der Waals surface area contributed by atoms with Crippen molar-refractivity contribution in [3.8, 4) is 5.69 Å². The molecule has 0 spiro atoms. The van der Waals surface area contributed by atoms with Crippen LogP contribution in [0.3, 0.4) is 0 Å². The summed E-state index contributed by atoms with van der Waals surface area (Å²) in [5, 5.41) is 4.68. The number of allylic oxidation sites excluding steroid dienone is 4. The van der Waals surface area contributed by atoms with Crippen LogP contribution in [0.5, 0.6) is 0 Å². The van der Waals surface area contributed by atoms with Gasteiger partial charge in [-0.2, -0.15) is 5.10 Å². The summed E-state index contributed by atoms with van der Waals surface area (Å²) >= 11 is 0. The summed E-state index contributed by atoms with van der Waals surface area (Å²) in [5.41, 5.74) is 9.37. The van der Waals surface area contributed by atoms with Crippen molar-refractivity contribution in [3.05, 3.63) is 107 Å². The maximum Gasteiger partial charge on any atom is 0.257 e. The van der Waals surface area contributed by atoms with E-state index >= 15 is 0 Å². The number of halogens is 1. The van der Waals surface area contributed by atoms with Crippen LogP contribution in [0.2, 0.25) is 0 Å². The minimum absolute atomic E-state index is 0.0446. The van der Waals surface area contributed by atoms with Gasteiger partial charge in [-0.25, -0.2) is 9.07 Å². The van der Waals surface area contributed by atoms with Gasteiger partial charge in [0, 0.05) is 31.1 Å². The van der Waals surface area contributed by atoms with Crippen molar-refractivity contribution in [3.63, 3.8) is 0 Å². The Morgan fingerprint density at radius 3 is 2.39 bits per heavy atom. The van der Waals surface area contributed by atoms with Crippen LogP contribution in [0.1, 0.15) is 63.6 Å². The first kappa shape index (κ1) is 27.1. The van der Waals surface area contributed by atoms with E-state index in [2.05, 4.69) is 34.3 Å². The van der Waals surface area contributed by atoms with E-state index in [-0.39, 0.29) is 17.6 Å². The maximum absolute atomic E-state index is 14.0. The van der Waals surface area contributed by atoms with Gasteiger partial charge in [-0.05, 0) is 92.6 Å². The molecule has 212 valence electrons. The summed E-state index contributed by atoms with van der Waals surface area (Å²) in [4.78, 5) is 29.7. The molecule has 2 atom stereocenters. The van der Waals surface area contributed by atoms with Gasteiger partial charge in [-0.1, -0.05) is 36.4 Å². The third-order valence-electron chi connectivity index (χ3n) is 8.86. The standard InChI is InChI=1S/C33H36FN5O2/c34-28-10-12-29(13-11-28)39-31(25-14-17-37(18-15-25)21-23-6-8-26(9-7-23)32(35)40)30(20-36-39)33(41)38-19-16-27(22-38)24-4-2-1-3-5-24/h1-4,6-13,20,24-25,27H,5,14-19,21-22H2,(H2,35,40)/t24?,27-/m0/s1. The van der Waals surface area contributed by atoms with Gasteiger partial charge >= 0.3 is 0 Å². The summed E-state index contributed by atoms with van der Waals surface area (Å²) in [6.45, 7) is 4.05. The molecule has 3 aliphatic rings. The zero-order valence-electron chi connectivity index (χ0n) is 23.2. The molecule has 3 aromatic rings. The third kappa shape index (κ3) is 5.88. The number of aromatic nitrogens is 2. The summed E-state index contributed by atoms with van der Waals surface area (Å²) in [6, 6.07) is 13.8. The predicted octanol–water partition coefficient (Wildman–Crippen LogP) is 5.08. The van der Waals surface area contributed by atoms with E-state index in [9.17, 15) is 14.0 Å². The fourth-order valence-electron chi connectivity index (χ4n) is 6.54. The number of likely N-dealkylation sites (tertiary alicyclic amines) is 2. The van der Waals surface area contributed by atoms with Crippen LogP contribution in [0.15, 0.2) is 79.0 Å². The minimum Gasteiger partial charge on any atom is -0.366 e. The van der Waals surface area contributed by atoms with E-state index in [0.717, 1.165) is 75.4 Å². The Labute approximate surface area is 240 Å². The molecule has 8 heteroatoms.